The lowest BCUT2D eigenvalue weighted by Crippen LogP contribution is -1.78. The minimum Gasteiger partial charge on any atom is -0.263 e. The smallest absolute Gasteiger partial charge is 0.0679 e. The van der Waals surface area contributed by atoms with Crippen LogP contribution in [0.1, 0.15) is 0 Å². The molecule has 0 atom stereocenters. The third kappa shape index (κ3) is 1.21. The molecule has 1 aromatic carbocycles. The van der Waals surface area contributed by atoms with Crippen LogP contribution in [0.4, 0.5) is 0 Å². The highest BCUT2D eigenvalue weighted by molar-refractivity contribution is 9.10. The van der Waals surface area contributed by atoms with Gasteiger partial charge in [-0.1, -0.05) is 39.7 Å². The first-order chi connectivity index (χ1) is 5.79. The van der Waals surface area contributed by atoms with E-state index in [-0.39, 0.29) is 0 Å². The number of rotatable bonds is 0. The molecule has 0 amide bonds. The monoisotopic (exact) mass is 241 g/mol. The van der Waals surface area contributed by atoms with Gasteiger partial charge in [0, 0.05) is 27.6 Å². The maximum Gasteiger partial charge on any atom is 0.0679 e. The molecule has 0 saturated carbocycles. The Morgan fingerprint density at radius 3 is 2.83 bits per heavy atom. The van der Waals surface area contributed by atoms with Crippen LogP contribution < -0.4 is 0 Å². The summed E-state index contributed by atoms with van der Waals surface area (Å²) in [7, 11) is 0. The van der Waals surface area contributed by atoms with Gasteiger partial charge in [0.05, 0.1) is 5.02 Å². The van der Waals surface area contributed by atoms with Gasteiger partial charge in [0.2, 0.25) is 0 Å². The summed E-state index contributed by atoms with van der Waals surface area (Å²) >= 11 is 9.41. The summed E-state index contributed by atoms with van der Waals surface area (Å²) in [5.74, 6) is 0. The van der Waals surface area contributed by atoms with E-state index in [1.807, 2.05) is 18.2 Å². The fourth-order valence-corrected chi connectivity index (χ4v) is 2.12. The molecular weight excluding hydrogens is 237 g/mol. The van der Waals surface area contributed by atoms with Gasteiger partial charge in [0.15, 0.2) is 0 Å². The molecule has 0 bridgehead atoms. The Morgan fingerprint density at radius 1 is 1.25 bits per heavy atom. The standard InChI is InChI=1S/C9H5BrClN/c10-7-3-1-2-6-4-12-5-8(11)9(6)7/h1-5H. The van der Waals surface area contributed by atoms with E-state index in [1.54, 1.807) is 12.4 Å². The van der Waals surface area contributed by atoms with Crippen molar-refractivity contribution in [3.05, 3.63) is 40.1 Å². The molecule has 0 aliphatic heterocycles. The van der Waals surface area contributed by atoms with E-state index >= 15 is 0 Å². The predicted molar refractivity (Wildman–Crippen MR) is 54.5 cm³/mol. The first-order valence-corrected chi connectivity index (χ1v) is 4.64. The fourth-order valence-electron chi connectivity index (χ4n) is 1.15. The van der Waals surface area contributed by atoms with Crippen LogP contribution in [-0.2, 0) is 0 Å². The molecule has 0 fully saturated rings. The lowest BCUT2D eigenvalue weighted by Gasteiger charge is -2.00. The van der Waals surface area contributed by atoms with Gasteiger partial charge in [-0.05, 0) is 6.07 Å². The second kappa shape index (κ2) is 3.04. The Hall–Kier alpha value is -0.600. The van der Waals surface area contributed by atoms with Gasteiger partial charge >= 0.3 is 0 Å². The van der Waals surface area contributed by atoms with E-state index in [1.165, 1.54) is 0 Å². The summed E-state index contributed by atoms with van der Waals surface area (Å²) in [5.41, 5.74) is 0. The number of pyridine rings is 1. The molecule has 0 saturated heterocycles. The first-order valence-electron chi connectivity index (χ1n) is 3.47. The second-order valence-electron chi connectivity index (χ2n) is 2.46. The van der Waals surface area contributed by atoms with Crippen LogP contribution in [0.15, 0.2) is 35.1 Å². The van der Waals surface area contributed by atoms with Crippen LogP contribution in [0, 0.1) is 0 Å². The van der Waals surface area contributed by atoms with Gasteiger partial charge in [-0.15, -0.1) is 0 Å². The van der Waals surface area contributed by atoms with E-state index in [0.29, 0.717) is 5.02 Å². The number of hydrogen-bond donors (Lipinski definition) is 0. The summed E-state index contributed by atoms with van der Waals surface area (Å²) in [6.45, 7) is 0. The Balaban J connectivity index is 2.96. The largest absolute Gasteiger partial charge is 0.263 e. The average Bonchev–Trinajstić information content (AvgIpc) is 2.04. The zero-order valence-electron chi connectivity index (χ0n) is 6.09. The number of fused-ring (bicyclic) bond motifs is 1. The van der Waals surface area contributed by atoms with Gasteiger partial charge in [-0.25, -0.2) is 0 Å². The zero-order valence-corrected chi connectivity index (χ0v) is 8.43. The van der Waals surface area contributed by atoms with Crippen LogP contribution in [0.25, 0.3) is 10.8 Å². The predicted octanol–water partition coefficient (Wildman–Crippen LogP) is 3.65. The normalized spacial score (nSPS) is 10.5. The minimum absolute atomic E-state index is 0.681. The maximum atomic E-state index is 5.97. The van der Waals surface area contributed by atoms with Crippen molar-refractivity contribution in [3.8, 4) is 0 Å². The molecule has 1 nitrogen and oxygen atoms in total. The average molecular weight is 243 g/mol. The topological polar surface area (TPSA) is 12.9 Å². The summed E-state index contributed by atoms with van der Waals surface area (Å²) in [5, 5.41) is 2.76. The molecule has 0 N–H and O–H groups in total. The van der Waals surface area contributed by atoms with Crippen molar-refractivity contribution in [1.82, 2.24) is 4.98 Å². The van der Waals surface area contributed by atoms with Crippen LogP contribution >= 0.6 is 27.5 Å². The van der Waals surface area contributed by atoms with Crippen molar-refractivity contribution in [3.63, 3.8) is 0 Å². The van der Waals surface area contributed by atoms with Crippen LogP contribution in [0.3, 0.4) is 0 Å². The molecule has 0 unspecified atom stereocenters. The highest BCUT2D eigenvalue weighted by Crippen LogP contribution is 2.28. The summed E-state index contributed by atoms with van der Waals surface area (Å²) in [6.07, 6.45) is 3.45. The Morgan fingerprint density at radius 2 is 2.08 bits per heavy atom. The molecule has 1 aromatic heterocycles. The molecule has 2 aromatic rings. The number of hydrogen-bond acceptors (Lipinski definition) is 1. The lowest BCUT2D eigenvalue weighted by molar-refractivity contribution is 1.36. The molecule has 0 radical (unpaired) electrons. The summed E-state index contributed by atoms with van der Waals surface area (Å²) in [6, 6.07) is 5.91. The summed E-state index contributed by atoms with van der Waals surface area (Å²) < 4.78 is 1.01. The lowest BCUT2D eigenvalue weighted by atomic mass is 10.2. The van der Waals surface area contributed by atoms with E-state index in [4.69, 9.17) is 11.6 Å². The minimum atomic E-state index is 0.681. The third-order valence-corrected chi connectivity index (χ3v) is 2.63. The maximum absolute atomic E-state index is 5.97. The van der Waals surface area contributed by atoms with E-state index in [2.05, 4.69) is 20.9 Å². The second-order valence-corrected chi connectivity index (χ2v) is 3.72. The van der Waals surface area contributed by atoms with Crippen LogP contribution in [0.5, 0.6) is 0 Å². The molecule has 0 aliphatic carbocycles. The molecule has 0 aliphatic rings. The Kier molecular flexibility index (Phi) is 2.03. The molecule has 60 valence electrons. The highest BCUT2D eigenvalue weighted by Gasteiger charge is 2.01. The van der Waals surface area contributed by atoms with Crippen molar-refractivity contribution < 1.29 is 0 Å². The van der Waals surface area contributed by atoms with E-state index < -0.39 is 0 Å². The molecular formula is C9H5BrClN. The third-order valence-electron chi connectivity index (χ3n) is 1.69. The zero-order chi connectivity index (χ0) is 8.55. The fraction of sp³-hybridized carbons (Fsp3) is 0. The van der Waals surface area contributed by atoms with Crippen LogP contribution in [0.2, 0.25) is 5.02 Å². The van der Waals surface area contributed by atoms with Gasteiger partial charge in [-0.2, -0.15) is 0 Å². The number of halogens is 2. The molecule has 2 rings (SSSR count). The van der Waals surface area contributed by atoms with Crippen molar-refractivity contribution >= 4 is 38.3 Å². The molecule has 12 heavy (non-hydrogen) atoms. The van der Waals surface area contributed by atoms with Crippen LogP contribution in [-0.4, -0.2) is 4.98 Å². The van der Waals surface area contributed by atoms with Gasteiger partial charge < -0.3 is 0 Å². The Bertz CT molecular complexity index is 391. The highest BCUT2D eigenvalue weighted by atomic mass is 79.9. The van der Waals surface area contributed by atoms with Crippen molar-refractivity contribution in [1.29, 1.82) is 0 Å². The van der Waals surface area contributed by atoms with E-state index in [0.717, 1.165) is 15.2 Å². The molecule has 0 spiro atoms. The van der Waals surface area contributed by atoms with Crippen molar-refractivity contribution in [2.24, 2.45) is 0 Å². The van der Waals surface area contributed by atoms with Crippen molar-refractivity contribution in [2.75, 3.05) is 0 Å². The number of benzene rings is 1. The number of nitrogens with zero attached hydrogens (tertiary/aromatic N) is 1. The quantitative estimate of drug-likeness (QED) is 0.687. The van der Waals surface area contributed by atoms with E-state index in [9.17, 15) is 0 Å². The molecule has 1 heterocycles. The van der Waals surface area contributed by atoms with Crippen molar-refractivity contribution in [2.45, 2.75) is 0 Å². The van der Waals surface area contributed by atoms with Gasteiger partial charge in [0.1, 0.15) is 0 Å². The Labute approximate surface area is 83.5 Å². The SMILES string of the molecule is Clc1cncc2cccc(Br)c12. The van der Waals surface area contributed by atoms with Gasteiger partial charge in [-0.3, -0.25) is 4.98 Å². The first kappa shape index (κ1) is 8.02. The molecule has 3 heteroatoms. The van der Waals surface area contributed by atoms with Gasteiger partial charge in [0.25, 0.3) is 0 Å². The number of aromatic nitrogens is 1. The summed E-state index contributed by atoms with van der Waals surface area (Å²) in [4.78, 5) is 4.00.